The highest BCUT2D eigenvalue weighted by Gasteiger charge is 2.27. The summed E-state index contributed by atoms with van der Waals surface area (Å²) in [5.74, 6) is 1.11. The van der Waals surface area contributed by atoms with Crippen molar-refractivity contribution in [3.63, 3.8) is 0 Å². The summed E-state index contributed by atoms with van der Waals surface area (Å²) in [6.07, 6.45) is 0.920. The Balaban J connectivity index is 1.79. The first-order chi connectivity index (χ1) is 12.2. The zero-order valence-electron chi connectivity index (χ0n) is 16.7. The SMILES string of the molecule is CC(C)C(=O)NCC1CCN(C(=O)COc2cccc(C(C)(C)C)c2)C1. The number of rotatable bonds is 6. The molecule has 2 rings (SSSR count). The van der Waals surface area contributed by atoms with Crippen molar-refractivity contribution < 1.29 is 14.3 Å². The monoisotopic (exact) mass is 360 g/mol. The van der Waals surface area contributed by atoms with Gasteiger partial charge in [-0.1, -0.05) is 46.8 Å². The third-order valence-electron chi connectivity index (χ3n) is 4.79. The Morgan fingerprint density at radius 2 is 2.04 bits per heavy atom. The van der Waals surface area contributed by atoms with Crippen molar-refractivity contribution in [2.75, 3.05) is 26.2 Å². The number of likely N-dealkylation sites (tertiary alicyclic amines) is 1. The number of ether oxygens (including phenoxy) is 1. The largest absolute Gasteiger partial charge is 0.484 e. The summed E-state index contributed by atoms with van der Waals surface area (Å²) in [6, 6.07) is 7.92. The van der Waals surface area contributed by atoms with Crippen molar-refractivity contribution in [1.82, 2.24) is 10.2 Å². The van der Waals surface area contributed by atoms with Crippen LogP contribution < -0.4 is 10.1 Å². The van der Waals surface area contributed by atoms with Crippen LogP contribution in [0.4, 0.5) is 0 Å². The summed E-state index contributed by atoms with van der Waals surface area (Å²) < 4.78 is 5.72. The molecule has 26 heavy (non-hydrogen) atoms. The number of nitrogens with zero attached hydrogens (tertiary/aromatic N) is 1. The van der Waals surface area contributed by atoms with Gasteiger partial charge >= 0.3 is 0 Å². The Kier molecular flexibility index (Phi) is 6.68. The highest BCUT2D eigenvalue weighted by Crippen LogP contribution is 2.25. The van der Waals surface area contributed by atoms with Crippen molar-refractivity contribution in [3.05, 3.63) is 29.8 Å². The molecule has 5 heteroatoms. The molecule has 0 bridgehead atoms. The van der Waals surface area contributed by atoms with Crippen molar-refractivity contribution in [2.24, 2.45) is 11.8 Å². The maximum atomic E-state index is 12.4. The van der Waals surface area contributed by atoms with Gasteiger partial charge < -0.3 is 15.0 Å². The molecule has 1 aromatic carbocycles. The maximum Gasteiger partial charge on any atom is 0.260 e. The van der Waals surface area contributed by atoms with Crippen molar-refractivity contribution in [1.29, 1.82) is 0 Å². The summed E-state index contributed by atoms with van der Waals surface area (Å²) in [5, 5.41) is 2.95. The first kappa shape index (κ1) is 20.3. The smallest absolute Gasteiger partial charge is 0.260 e. The molecule has 1 heterocycles. The van der Waals surface area contributed by atoms with Gasteiger partial charge in [-0.05, 0) is 35.4 Å². The molecule has 1 atom stereocenters. The average molecular weight is 360 g/mol. The molecule has 1 fully saturated rings. The number of amides is 2. The van der Waals surface area contributed by atoms with Crippen molar-refractivity contribution >= 4 is 11.8 Å². The molecule has 0 spiro atoms. The van der Waals surface area contributed by atoms with Gasteiger partial charge in [0.25, 0.3) is 5.91 Å². The van der Waals surface area contributed by atoms with E-state index in [2.05, 4.69) is 32.2 Å². The summed E-state index contributed by atoms with van der Waals surface area (Å²) in [4.78, 5) is 25.9. The van der Waals surface area contributed by atoms with E-state index >= 15 is 0 Å². The minimum Gasteiger partial charge on any atom is -0.484 e. The fourth-order valence-electron chi connectivity index (χ4n) is 2.96. The van der Waals surface area contributed by atoms with E-state index < -0.39 is 0 Å². The quantitative estimate of drug-likeness (QED) is 0.848. The average Bonchev–Trinajstić information content (AvgIpc) is 3.06. The fraction of sp³-hybridized carbons (Fsp3) is 0.619. The van der Waals surface area contributed by atoms with Crippen LogP contribution >= 0.6 is 0 Å². The van der Waals surface area contributed by atoms with Gasteiger partial charge in [0.2, 0.25) is 5.91 Å². The minimum absolute atomic E-state index is 0.00356. The highest BCUT2D eigenvalue weighted by molar-refractivity contribution is 5.78. The lowest BCUT2D eigenvalue weighted by molar-refractivity contribution is -0.132. The third kappa shape index (κ3) is 5.75. The van der Waals surface area contributed by atoms with E-state index in [9.17, 15) is 9.59 Å². The van der Waals surface area contributed by atoms with E-state index in [0.29, 0.717) is 19.0 Å². The van der Waals surface area contributed by atoms with Crippen LogP contribution in [-0.4, -0.2) is 43.0 Å². The van der Waals surface area contributed by atoms with Crippen molar-refractivity contribution in [3.8, 4) is 5.75 Å². The van der Waals surface area contributed by atoms with Crippen LogP contribution in [0.5, 0.6) is 5.75 Å². The molecule has 0 radical (unpaired) electrons. The van der Waals surface area contributed by atoms with E-state index in [1.165, 1.54) is 5.56 Å². The Morgan fingerprint density at radius 3 is 2.69 bits per heavy atom. The van der Waals surface area contributed by atoms with E-state index in [-0.39, 0.29) is 29.8 Å². The highest BCUT2D eigenvalue weighted by atomic mass is 16.5. The normalized spacial score (nSPS) is 17.5. The topological polar surface area (TPSA) is 58.6 Å². The van der Waals surface area contributed by atoms with Crippen LogP contribution in [0.25, 0.3) is 0 Å². The molecule has 1 unspecified atom stereocenters. The van der Waals surface area contributed by atoms with Crippen LogP contribution in [0.2, 0.25) is 0 Å². The molecule has 2 amide bonds. The number of benzene rings is 1. The molecule has 0 aromatic heterocycles. The van der Waals surface area contributed by atoms with Crippen LogP contribution in [0.1, 0.15) is 46.6 Å². The Morgan fingerprint density at radius 1 is 1.31 bits per heavy atom. The van der Waals surface area contributed by atoms with Gasteiger partial charge in [0, 0.05) is 25.6 Å². The number of nitrogens with one attached hydrogen (secondary N) is 1. The van der Waals surface area contributed by atoms with Gasteiger partial charge in [-0.2, -0.15) is 0 Å². The molecular weight excluding hydrogens is 328 g/mol. The maximum absolute atomic E-state index is 12.4. The molecular formula is C21H32N2O3. The summed E-state index contributed by atoms with van der Waals surface area (Å²) in [5.41, 5.74) is 1.23. The molecule has 5 nitrogen and oxygen atoms in total. The Hall–Kier alpha value is -2.04. The van der Waals surface area contributed by atoms with E-state index in [1.807, 2.05) is 36.9 Å². The van der Waals surface area contributed by atoms with Crippen molar-refractivity contribution in [2.45, 2.75) is 46.5 Å². The number of hydrogen-bond donors (Lipinski definition) is 1. The van der Waals surface area contributed by atoms with Crippen LogP contribution in [0.15, 0.2) is 24.3 Å². The van der Waals surface area contributed by atoms with Gasteiger partial charge in [0.1, 0.15) is 5.75 Å². The summed E-state index contributed by atoms with van der Waals surface area (Å²) in [6.45, 7) is 12.3. The first-order valence-corrected chi connectivity index (χ1v) is 9.45. The molecule has 1 N–H and O–H groups in total. The molecule has 1 saturated heterocycles. The Bertz CT molecular complexity index is 634. The van der Waals surface area contributed by atoms with Gasteiger partial charge in [-0.3, -0.25) is 9.59 Å². The number of carbonyl (C=O) groups excluding carboxylic acids is 2. The first-order valence-electron chi connectivity index (χ1n) is 9.45. The van der Waals surface area contributed by atoms with Gasteiger partial charge in [-0.25, -0.2) is 0 Å². The minimum atomic E-state index is -0.00796. The lowest BCUT2D eigenvalue weighted by Crippen LogP contribution is -2.36. The van der Waals surface area contributed by atoms with E-state index in [1.54, 1.807) is 0 Å². The zero-order chi connectivity index (χ0) is 19.3. The second kappa shape index (κ2) is 8.56. The summed E-state index contributed by atoms with van der Waals surface area (Å²) in [7, 11) is 0. The number of hydrogen-bond acceptors (Lipinski definition) is 3. The zero-order valence-corrected chi connectivity index (χ0v) is 16.7. The molecule has 0 aliphatic carbocycles. The number of carbonyl (C=O) groups is 2. The molecule has 1 aromatic rings. The van der Waals surface area contributed by atoms with Gasteiger partial charge in [0.15, 0.2) is 6.61 Å². The van der Waals surface area contributed by atoms with Gasteiger partial charge in [0.05, 0.1) is 0 Å². The van der Waals surface area contributed by atoms with Gasteiger partial charge in [-0.15, -0.1) is 0 Å². The van der Waals surface area contributed by atoms with Crippen LogP contribution in [0, 0.1) is 11.8 Å². The second-order valence-electron chi connectivity index (χ2n) is 8.46. The van der Waals surface area contributed by atoms with Crippen LogP contribution in [0.3, 0.4) is 0 Å². The lowest BCUT2D eigenvalue weighted by atomic mass is 9.87. The predicted octanol–water partition coefficient (Wildman–Crippen LogP) is 2.98. The molecule has 0 saturated carbocycles. The van der Waals surface area contributed by atoms with E-state index in [4.69, 9.17) is 4.74 Å². The second-order valence-corrected chi connectivity index (χ2v) is 8.46. The molecule has 1 aliphatic heterocycles. The van der Waals surface area contributed by atoms with E-state index in [0.717, 1.165) is 18.7 Å². The Labute approximate surface area is 157 Å². The molecule has 144 valence electrons. The van der Waals surface area contributed by atoms with Crippen LogP contribution in [-0.2, 0) is 15.0 Å². The predicted molar refractivity (Wildman–Crippen MR) is 103 cm³/mol. The molecule has 1 aliphatic rings. The standard InChI is InChI=1S/C21H32N2O3/c1-15(2)20(25)22-12-16-9-10-23(13-16)19(24)14-26-18-8-6-7-17(11-18)21(3,4)5/h6-8,11,15-16H,9-10,12-14H2,1-5H3,(H,22,25). The third-order valence-corrected chi connectivity index (χ3v) is 4.79. The summed E-state index contributed by atoms with van der Waals surface area (Å²) >= 11 is 0. The fourth-order valence-corrected chi connectivity index (χ4v) is 2.96. The lowest BCUT2D eigenvalue weighted by Gasteiger charge is -2.20.